The van der Waals surface area contributed by atoms with Gasteiger partial charge in [-0.1, -0.05) is 90.5 Å². The Labute approximate surface area is 205 Å². The number of benzene rings is 4. The van der Waals surface area contributed by atoms with E-state index in [1.54, 1.807) is 6.21 Å². The van der Waals surface area contributed by atoms with Crippen molar-refractivity contribution in [3.8, 4) is 0 Å². The maximum atomic E-state index is 6.19. The lowest BCUT2D eigenvalue weighted by atomic mass is 9.98. The molecule has 0 bridgehead atoms. The van der Waals surface area contributed by atoms with Crippen LogP contribution >= 0.6 is 11.6 Å². The molecule has 1 aliphatic rings. The number of aryl methyl sites for hydroxylation is 1. The number of nitrogens with one attached hydrogen (secondary N) is 1. The Hall–Kier alpha value is -3.89. The van der Waals surface area contributed by atoms with E-state index in [2.05, 4.69) is 94.4 Å². The Morgan fingerprint density at radius 1 is 0.912 bits per heavy atom. The quantitative estimate of drug-likeness (QED) is 0.238. The van der Waals surface area contributed by atoms with Gasteiger partial charge in [0.25, 0.3) is 0 Å². The molecule has 0 amide bonds. The van der Waals surface area contributed by atoms with Crippen molar-refractivity contribution in [2.45, 2.75) is 19.4 Å². The Morgan fingerprint density at radius 3 is 2.32 bits per heavy atom. The SMILES string of the molecule is Cc1ccc(NN=Cc2ccc(N3N=C(c4ccccc4)CC3c3ccccc3)cc2)cc1Cl. The first-order valence-electron chi connectivity index (χ1n) is 11.3. The van der Waals surface area contributed by atoms with E-state index in [9.17, 15) is 0 Å². The second-order valence-corrected chi connectivity index (χ2v) is 8.72. The molecular formula is C29H25ClN4. The van der Waals surface area contributed by atoms with E-state index >= 15 is 0 Å². The molecule has 0 aromatic heterocycles. The molecule has 4 nitrogen and oxygen atoms in total. The number of nitrogens with zero attached hydrogens (tertiary/aromatic N) is 3. The van der Waals surface area contributed by atoms with Gasteiger partial charge in [0.05, 0.1) is 29.3 Å². The van der Waals surface area contributed by atoms with E-state index in [1.165, 1.54) is 5.56 Å². The predicted molar refractivity (Wildman–Crippen MR) is 143 cm³/mol. The van der Waals surface area contributed by atoms with Crippen molar-refractivity contribution < 1.29 is 0 Å². The summed E-state index contributed by atoms with van der Waals surface area (Å²) in [6.07, 6.45) is 2.66. The summed E-state index contributed by atoms with van der Waals surface area (Å²) in [6, 6.07) is 35.2. The average Bonchev–Trinajstić information content (AvgIpc) is 3.33. The molecule has 0 aliphatic carbocycles. The molecule has 34 heavy (non-hydrogen) atoms. The minimum Gasteiger partial charge on any atom is -0.278 e. The summed E-state index contributed by atoms with van der Waals surface area (Å²) < 4.78 is 0. The molecule has 4 aromatic rings. The van der Waals surface area contributed by atoms with E-state index in [0.717, 1.165) is 45.2 Å². The average molecular weight is 465 g/mol. The van der Waals surface area contributed by atoms with Crippen LogP contribution in [0.3, 0.4) is 0 Å². The van der Waals surface area contributed by atoms with E-state index in [1.807, 2.05) is 31.2 Å². The van der Waals surface area contributed by atoms with Gasteiger partial charge in [-0.25, -0.2) is 0 Å². The lowest BCUT2D eigenvalue weighted by Crippen LogP contribution is -2.18. The maximum absolute atomic E-state index is 6.19. The molecule has 1 unspecified atom stereocenters. The van der Waals surface area contributed by atoms with Crippen LogP contribution in [-0.2, 0) is 0 Å². The summed E-state index contributed by atoms with van der Waals surface area (Å²) in [5, 5.41) is 12.2. The maximum Gasteiger partial charge on any atom is 0.0831 e. The van der Waals surface area contributed by atoms with Gasteiger partial charge in [-0.15, -0.1) is 0 Å². The molecule has 0 fully saturated rings. The first-order chi connectivity index (χ1) is 16.7. The first kappa shape index (κ1) is 21.9. The fourth-order valence-corrected chi connectivity index (χ4v) is 4.23. The van der Waals surface area contributed by atoms with Gasteiger partial charge in [-0.05, 0) is 53.4 Å². The topological polar surface area (TPSA) is 40.0 Å². The summed E-state index contributed by atoms with van der Waals surface area (Å²) in [4.78, 5) is 0. The molecule has 168 valence electrons. The highest BCUT2D eigenvalue weighted by molar-refractivity contribution is 6.31. The summed E-state index contributed by atoms with van der Waals surface area (Å²) >= 11 is 6.19. The standard InChI is InChI=1S/C29H25ClN4/c1-21-12-15-25(18-27(21)30)32-31-20-22-13-16-26(17-14-22)34-29(24-10-6-3-7-11-24)19-28(33-34)23-8-4-2-5-9-23/h2-18,20,29,32H,19H2,1H3. The second kappa shape index (κ2) is 9.94. The molecule has 0 spiro atoms. The van der Waals surface area contributed by atoms with E-state index in [-0.39, 0.29) is 6.04 Å². The molecule has 1 heterocycles. The molecule has 1 aliphatic heterocycles. The van der Waals surface area contributed by atoms with Crippen molar-refractivity contribution in [1.29, 1.82) is 0 Å². The highest BCUT2D eigenvalue weighted by Crippen LogP contribution is 2.36. The van der Waals surface area contributed by atoms with Crippen molar-refractivity contribution in [3.05, 3.63) is 130 Å². The Bertz CT molecular complexity index is 1320. The van der Waals surface area contributed by atoms with Crippen LogP contribution in [0.25, 0.3) is 0 Å². The van der Waals surface area contributed by atoms with Gasteiger partial charge in [0.15, 0.2) is 0 Å². The van der Waals surface area contributed by atoms with E-state index < -0.39 is 0 Å². The van der Waals surface area contributed by atoms with Crippen LogP contribution < -0.4 is 10.4 Å². The molecular weight excluding hydrogens is 440 g/mol. The van der Waals surface area contributed by atoms with E-state index in [4.69, 9.17) is 16.7 Å². The van der Waals surface area contributed by atoms with Gasteiger partial charge in [0.2, 0.25) is 0 Å². The smallest absolute Gasteiger partial charge is 0.0831 e. The predicted octanol–water partition coefficient (Wildman–Crippen LogP) is 7.45. The van der Waals surface area contributed by atoms with Crippen LogP contribution in [0.5, 0.6) is 0 Å². The van der Waals surface area contributed by atoms with Crippen LogP contribution in [0, 0.1) is 6.92 Å². The largest absolute Gasteiger partial charge is 0.278 e. The van der Waals surface area contributed by atoms with Crippen LogP contribution in [0.15, 0.2) is 113 Å². The van der Waals surface area contributed by atoms with Gasteiger partial charge in [-0.2, -0.15) is 10.2 Å². The summed E-state index contributed by atoms with van der Waals surface area (Å²) in [5.41, 5.74) is 10.5. The van der Waals surface area contributed by atoms with Crippen molar-refractivity contribution >= 4 is 34.9 Å². The minimum absolute atomic E-state index is 0.156. The van der Waals surface area contributed by atoms with E-state index in [0.29, 0.717) is 0 Å². The van der Waals surface area contributed by atoms with Gasteiger partial charge >= 0.3 is 0 Å². The Morgan fingerprint density at radius 2 is 1.62 bits per heavy atom. The van der Waals surface area contributed by atoms with Gasteiger partial charge in [-0.3, -0.25) is 10.4 Å². The molecule has 0 radical (unpaired) electrons. The number of rotatable bonds is 6. The summed E-state index contributed by atoms with van der Waals surface area (Å²) in [6.45, 7) is 1.98. The monoisotopic (exact) mass is 464 g/mol. The summed E-state index contributed by atoms with van der Waals surface area (Å²) in [7, 11) is 0. The number of hydrogen-bond acceptors (Lipinski definition) is 4. The fourth-order valence-electron chi connectivity index (χ4n) is 4.05. The lowest BCUT2D eigenvalue weighted by Gasteiger charge is -2.24. The molecule has 0 saturated carbocycles. The number of halogens is 1. The van der Waals surface area contributed by atoms with Crippen molar-refractivity contribution in [3.63, 3.8) is 0 Å². The van der Waals surface area contributed by atoms with Crippen molar-refractivity contribution in [1.82, 2.24) is 0 Å². The molecule has 5 heteroatoms. The fraction of sp³-hybridized carbons (Fsp3) is 0.103. The zero-order chi connectivity index (χ0) is 23.3. The highest BCUT2D eigenvalue weighted by Gasteiger charge is 2.29. The molecule has 1 N–H and O–H groups in total. The third-order valence-electron chi connectivity index (χ3n) is 5.94. The van der Waals surface area contributed by atoms with Crippen LogP contribution in [0.4, 0.5) is 11.4 Å². The lowest BCUT2D eigenvalue weighted by molar-refractivity contribution is 0.709. The number of anilines is 2. The third kappa shape index (κ3) is 4.87. The molecule has 5 rings (SSSR count). The van der Waals surface area contributed by atoms with Crippen molar-refractivity contribution in [2.75, 3.05) is 10.4 Å². The zero-order valence-corrected chi connectivity index (χ0v) is 19.7. The van der Waals surface area contributed by atoms with Crippen LogP contribution in [0.2, 0.25) is 5.02 Å². The van der Waals surface area contributed by atoms with Gasteiger partial charge in [0, 0.05) is 11.4 Å². The number of hydrazone groups is 2. The molecule has 4 aromatic carbocycles. The van der Waals surface area contributed by atoms with Gasteiger partial charge in [0.1, 0.15) is 0 Å². The highest BCUT2D eigenvalue weighted by atomic mass is 35.5. The first-order valence-corrected chi connectivity index (χ1v) is 11.7. The Kier molecular flexibility index (Phi) is 6.41. The van der Waals surface area contributed by atoms with Crippen molar-refractivity contribution in [2.24, 2.45) is 10.2 Å². The normalized spacial score (nSPS) is 15.5. The van der Waals surface area contributed by atoms with Crippen LogP contribution in [-0.4, -0.2) is 11.9 Å². The summed E-state index contributed by atoms with van der Waals surface area (Å²) in [5.74, 6) is 0. The number of hydrogen-bond donors (Lipinski definition) is 1. The van der Waals surface area contributed by atoms with Gasteiger partial charge < -0.3 is 0 Å². The zero-order valence-electron chi connectivity index (χ0n) is 18.9. The minimum atomic E-state index is 0.156. The molecule has 1 atom stereocenters. The second-order valence-electron chi connectivity index (χ2n) is 8.31. The molecule has 0 saturated heterocycles. The third-order valence-corrected chi connectivity index (χ3v) is 6.35. The Balaban J connectivity index is 1.36. The van der Waals surface area contributed by atoms with Crippen LogP contribution in [0.1, 0.15) is 34.7 Å².